The number of aliphatic hydroxyl groups is 1. The molecule has 0 aliphatic carbocycles. The Hall–Kier alpha value is -2.51. The van der Waals surface area contributed by atoms with Crippen LogP contribution in [0.5, 0.6) is 0 Å². The lowest BCUT2D eigenvalue weighted by atomic mass is 9.58. The molecule has 4 rings (SSSR count). The van der Waals surface area contributed by atoms with E-state index in [0.29, 0.717) is 11.4 Å². The molecule has 142 valence electrons. The van der Waals surface area contributed by atoms with Crippen LogP contribution in [-0.4, -0.2) is 41.0 Å². The summed E-state index contributed by atoms with van der Waals surface area (Å²) in [6, 6.07) is 7.20. The zero-order valence-electron chi connectivity index (χ0n) is 16.7. The molecule has 9 heteroatoms. The molecule has 0 aliphatic heterocycles. The molecule has 1 aromatic carbocycles. The van der Waals surface area contributed by atoms with Crippen LogP contribution in [0.15, 0.2) is 30.6 Å². The molecule has 0 saturated heterocycles. The number of thiophene rings is 1. The maximum Gasteiger partial charge on any atom is 0.149 e. The monoisotopic (exact) mass is 399 g/mol. The van der Waals surface area contributed by atoms with Gasteiger partial charge in [-0.3, -0.25) is 0 Å². The molecular formula is C20H19B2N5OS. The van der Waals surface area contributed by atoms with Crippen LogP contribution in [0.2, 0.25) is 0 Å². The number of nitrogens with zero attached hydrogens (tertiary/aromatic N) is 4. The number of hydrogen-bond donors (Lipinski definition) is 2. The average Bonchev–Trinajstić information content (AvgIpc) is 3.04. The summed E-state index contributed by atoms with van der Waals surface area (Å²) >= 11 is 1.45. The number of anilines is 1. The third-order valence-corrected chi connectivity index (χ3v) is 6.13. The SMILES string of the molecule is [B]C([B])(Nc1ncnc2c1sc1nnc(C)c(C)c12)c1ccc(C(C)(C)O)cc1. The van der Waals surface area contributed by atoms with Crippen LogP contribution in [0.3, 0.4) is 0 Å². The lowest BCUT2D eigenvalue weighted by Gasteiger charge is -2.30. The molecule has 29 heavy (non-hydrogen) atoms. The van der Waals surface area contributed by atoms with Crippen molar-refractivity contribution in [1.29, 1.82) is 0 Å². The highest BCUT2D eigenvalue weighted by molar-refractivity contribution is 7.26. The van der Waals surface area contributed by atoms with Crippen molar-refractivity contribution in [2.24, 2.45) is 0 Å². The fourth-order valence-corrected chi connectivity index (χ4v) is 4.27. The first kappa shape index (κ1) is 19.8. The minimum Gasteiger partial charge on any atom is -0.386 e. The van der Waals surface area contributed by atoms with E-state index in [1.54, 1.807) is 26.0 Å². The Kier molecular flexibility index (Phi) is 4.63. The minimum atomic E-state index is -1.37. The maximum atomic E-state index is 10.1. The summed E-state index contributed by atoms with van der Waals surface area (Å²) in [5.74, 6) is 0.534. The lowest BCUT2D eigenvalue weighted by Crippen LogP contribution is -2.36. The first-order chi connectivity index (χ1) is 13.6. The van der Waals surface area contributed by atoms with E-state index in [1.807, 2.05) is 26.0 Å². The van der Waals surface area contributed by atoms with Gasteiger partial charge in [0.05, 0.1) is 37.2 Å². The number of benzene rings is 1. The van der Waals surface area contributed by atoms with Gasteiger partial charge in [-0.25, -0.2) is 9.97 Å². The van der Waals surface area contributed by atoms with Gasteiger partial charge >= 0.3 is 0 Å². The Bertz CT molecular complexity index is 1220. The molecule has 4 aromatic rings. The van der Waals surface area contributed by atoms with Crippen molar-refractivity contribution in [3.63, 3.8) is 0 Å². The highest BCUT2D eigenvalue weighted by Crippen LogP contribution is 2.37. The second-order valence-corrected chi connectivity index (χ2v) is 8.72. The Morgan fingerprint density at radius 2 is 1.66 bits per heavy atom. The number of nitrogens with one attached hydrogen (secondary N) is 1. The normalized spacial score (nSPS) is 12.6. The van der Waals surface area contributed by atoms with Crippen LogP contribution < -0.4 is 5.32 Å². The fourth-order valence-electron chi connectivity index (χ4n) is 3.19. The molecule has 0 spiro atoms. The lowest BCUT2D eigenvalue weighted by molar-refractivity contribution is 0.0786. The molecule has 0 fully saturated rings. The van der Waals surface area contributed by atoms with Gasteiger partial charge in [0, 0.05) is 5.39 Å². The van der Waals surface area contributed by atoms with Crippen molar-refractivity contribution in [1.82, 2.24) is 20.2 Å². The average molecular weight is 399 g/mol. The van der Waals surface area contributed by atoms with Gasteiger partial charge < -0.3 is 10.4 Å². The van der Waals surface area contributed by atoms with Crippen molar-refractivity contribution < 1.29 is 5.11 Å². The van der Waals surface area contributed by atoms with Gasteiger partial charge in [-0.05, 0) is 49.7 Å². The molecule has 0 unspecified atom stereocenters. The molecule has 3 heterocycles. The van der Waals surface area contributed by atoms with Crippen molar-refractivity contribution >= 4 is 53.3 Å². The Labute approximate surface area is 175 Å². The summed E-state index contributed by atoms with van der Waals surface area (Å²) in [5, 5.41) is 21.4. The Morgan fingerprint density at radius 1 is 1.00 bits per heavy atom. The van der Waals surface area contributed by atoms with E-state index in [9.17, 15) is 5.11 Å². The van der Waals surface area contributed by atoms with Crippen molar-refractivity contribution in [3.8, 4) is 0 Å². The third kappa shape index (κ3) is 3.49. The number of rotatable bonds is 4. The highest BCUT2D eigenvalue weighted by atomic mass is 32.1. The second kappa shape index (κ2) is 6.78. The van der Waals surface area contributed by atoms with Crippen LogP contribution in [0.25, 0.3) is 20.4 Å². The highest BCUT2D eigenvalue weighted by Gasteiger charge is 2.24. The van der Waals surface area contributed by atoms with E-state index in [4.69, 9.17) is 15.7 Å². The van der Waals surface area contributed by atoms with Gasteiger partial charge in [-0.2, -0.15) is 5.10 Å². The topological polar surface area (TPSA) is 83.8 Å². The van der Waals surface area contributed by atoms with Gasteiger partial charge in [-0.1, -0.05) is 24.3 Å². The molecule has 0 amide bonds. The number of aryl methyl sites for hydroxylation is 2. The predicted octanol–water partition coefficient (Wildman–Crippen LogP) is 3.04. The molecule has 4 radical (unpaired) electrons. The summed E-state index contributed by atoms with van der Waals surface area (Å²) in [6.07, 6.45) is 1.49. The summed E-state index contributed by atoms with van der Waals surface area (Å²) in [5.41, 5.74) is 3.20. The van der Waals surface area contributed by atoms with Crippen molar-refractivity contribution in [3.05, 3.63) is 53.0 Å². The summed E-state index contributed by atoms with van der Waals surface area (Å²) in [6.45, 7) is 7.38. The smallest absolute Gasteiger partial charge is 0.149 e. The van der Waals surface area contributed by atoms with Gasteiger partial charge in [0.1, 0.15) is 17.0 Å². The van der Waals surface area contributed by atoms with E-state index < -0.39 is 10.9 Å². The third-order valence-electron chi connectivity index (χ3n) is 5.06. The zero-order valence-corrected chi connectivity index (χ0v) is 17.5. The molecule has 0 bridgehead atoms. The molecular weight excluding hydrogens is 380 g/mol. The predicted molar refractivity (Wildman–Crippen MR) is 118 cm³/mol. The molecule has 6 nitrogen and oxygen atoms in total. The van der Waals surface area contributed by atoms with Gasteiger partial charge in [0.15, 0.2) is 0 Å². The Balaban J connectivity index is 1.76. The molecule has 0 atom stereocenters. The van der Waals surface area contributed by atoms with Gasteiger partial charge in [0.25, 0.3) is 0 Å². The largest absolute Gasteiger partial charge is 0.386 e. The zero-order chi connectivity index (χ0) is 21.0. The molecule has 3 aromatic heterocycles. The van der Waals surface area contributed by atoms with Crippen LogP contribution in [0, 0.1) is 13.8 Å². The summed E-state index contributed by atoms with van der Waals surface area (Å²) < 4.78 is 0.818. The number of aromatic nitrogens is 4. The summed E-state index contributed by atoms with van der Waals surface area (Å²) in [4.78, 5) is 9.61. The number of fused-ring (bicyclic) bond motifs is 3. The van der Waals surface area contributed by atoms with Crippen molar-refractivity contribution in [2.45, 2.75) is 38.6 Å². The van der Waals surface area contributed by atoms with E-state index in [1.165, 1.54) is 17.7 Å². The first-order valence-corrected chi connectivity index (χ1v) is 9.96. The van der Waals surface area contributed by atoms with Crippen LogP contribution in [0.1, 0.15) is 36.2 Å². The quantitative estimate of drug-likeness (QED) is 0.514. The van der Waals surface area contributed by atoms with E-state index in [0.717, 1.165) is 37.3 Å². The van der Waals surface area contributed by atoms with Gasteiger partial charge in [0.2, 0.25) is 0 Å². The van der Waals surface area contributed by atoms with Gasteiger partial charge in [-0.15, -0.1) is 16.4 Å². The van der Waals surface area contributed by atoms with E-state index >= 15 is 0 Å². The van der Waals surface area contributed by atoms with Crippen LogP contribution in [0.4, 0.5) is 5.82 Å². The van der Waals surface area contributed by atoms with E-state index in [2.05, 4.69) is 25.5 Å². The molecule has 2 N–H and O–H groups in total. The Morgan fingerprint density at radius 3 is 2.31 bits per heavy atom. The van der Waals surface area contributed by atoms with Crippen molar-refractivity contribution in [2.75, 3.05) is 5.32 Å². The standard InChI is InChI=1S/C20H19B2N5OS/c1-10-11(2)26-27-18-14(10)15-16(29-18)17(24-9-23-15)25-20(21,22)13-7-5-12(6-8-13)19(3,4)28/h5-9,28H,1-4H3,(H,23,24,25). The van der Waals surface area contributed by atoms with Crippen LogP contribution in [-0.2, 0) is 10.9 Å². The first-order valence-electron chi connectivity index (χ1n) is 9.14. The molecule has 0 saturated carbocycles. The number of hydrogen-bond acceptors (Lipinski definition) is 7. The van der Waals surface area contributed by atoms with Crippen LogP contribution >= 0.6 is 11.3 Å². The summed E-state index contributed by atoms with van der Waals surface area (Å²) in [7, 11) is 12.8. The fraction of sp³-hybridized carbons (Fsp3) is 0.300. The molecule has 0 aliphatic rings. The maximum absolute atomic E-state index is 10.1. The minimum absolute atomic E-state index is 0.534. The van der Waals surface area contributed by atoms with E-state index in [-0.39, 0.29) is 0 Å². The second-order valence-electron chi connectivity index (χ2n) is 7.72.